The van der Waals surface area contributed by atoms with Crippen molar-refractivity contribution >= 4 is 34.7 Å². The first kappa shape index (κ1) is 25.1. The number of nitrogens with zero attached hydrogens (tertiary/aromatic N) is 3. The molecule has 39 heavy (non-hydrogen) atoms. The number of aromatic nitrogens is 1. The van der Waals surface area contributed by atoms with Crippen molar-refractivity contribution in [3.63, 3.8) is 0 Å². The van der Waals surface area contributed by atoms with E-state index in [9.17, 15) is 4.79 Å². The first-order chi connectivity index (χ1) is 19.1. The van der Waals surface area contributed by atoms with E-state index >= 15 is 0 Å². The third-order valence-electron chi connectivity index (χ3n) is 7.11. The number of thiocarbonyl (C=S) groups is 1. The number of morpholine rings is 1. The fourth-order valence-corrected chi connectivity index (χ4v) is 5.47. The second kappa shape index (κ2) is 10.9. The van der Waals surface area contributed by atoms with E-state index in [1.807, 2.05) is 42.5 Å². The highest BCUT2D eigenvalue weighted by Crippen LogP contribution is 2.43. The van der Waals surface area contributed by atoms with Gasteiger partial charge >= 0.3 is 5.97 Å². The highest BCUT2D eigenvalue weighted by Gasteiger charge is 2.42. The molecule has 0 bridgehead atoms. The lowest BCUT2D eigenvalue weighted by atomic mass is 10.0. The Bertz CT molecular complexity index is 1450. The van der Waals surface area contributed by atoms with Crippen molar-refractivity contribution in [2.24, 2.45) is 0 Å². The molecule has 4 aromatic rings. The summed E-state index contributed by atoms with van der Waals surface area (Å²) in [6.07, 6.45) is 1.79. The van der Waals surface area contributed by atoms with Crippen LogP contribution in [0.5, 0.6) is 0 Å². The van der Waals surface area contributed by atoms with Gasteiger partial charge in [-0.15, -0.1) is 0 Å². The average Bonchev–Trinajstić information content (AvgIpc) is 3.62. The summed E-state index contributed by atoms with van der Waals surface area (Å²) in [4.78, 5) is 20.9. The van der Waals surface area contributed by atoms with Crippen LogP contribution in [-0.4, -0.2) is 49.5 Å². The first-order valence-corrected chi connectivity index (χ1v) is 13.2. The van der Waals surface area contributed by atoms with Crippen LogP contribution in [0, 0.1) is 0 Å². The molecule has 2 fully saturated rings. The zero-order valence-electron chi connectivity index (χ0n) is 21.4. The monoisotopic (exact) mass is 540 g/mol. The Morgan fingerprint density at radius 3 is 2.41 bits per heavy atom. The highest BCUT2D eigenvalue weighted by molar-refractivity contribution is 7.80. The van der Waals surface area contributed by atoms with E-state index in [2.05, 4.69) is 44.4 Å². The molecule has 2 aromatic heterocycles. The second-order valence-corrected chi connectivity index (χ2v) is 9.77. The lowest BCUT2D eigenvalue weighted by Crippen LogP contribution is -2.36. The molecule has 2 saturated heterocycles. The number of furan rings is 1. The van der Waals surface area contributed by atoms with Gasteiger partial charge in [0.05, 0.1) is 37.6 Å². The Labute approximate surface area is 232 Å². The van der Waals surface area contributed by atoms with Crippen molar-refractivity contribution in [3.05, 3.63) is 102 Å². The molecule has 8 nitrogen and oxygen atoms in total. The van der Waals surface area contributed by atoms with Crippen LogP contribution in [-0.2, 0) is 9.47 Å². The number of hydrogen-bond acceptors (Lipinski definition) is 7. The minimum absolute atomic E-state index is 0.210. The molecule has 6 rings (SSSR count). The quantitative estimate of drug-likeness (QED) is 0.264. The topological polar surface area (TPSA) is 80.1 Å². The smallest absolute Gasteiger partial charge is 0.337 e. The number of anilines is 2. The summed E-state index contributed by atoms with van der Waals surface area (Å²) < 4.78 is 16.8. The van der Waals surface area contributed by atoms with E-state index in [4.69, 9.17) is 26.1 Å². The molecule has 9 heteroatoms. The van der Waals surface area contributed by atoms with E-state index in [0.717, 1.165) is 54.7 Å². The summed E-state index contributed by atoms with van der Waals surface area (Å²) >= 11 is 5.86. The lowest BCUT2D eigenvalue weighted by molar-refractivity contribution is 0.0600. The minimum Gasteiger partial charge on any atom is -0.465 e. The predicted octanol–water partition coefficient (Wildman–Crippen LogP) is 5.14. The summed E-state index contributed by atoms with van der Waals surface area (Å²) in [5.74, 6) is 1.07. The van der Waals surface area contributed by atoms with Gasteiger partial charge < -0.3 is 29.0 Å². The Hall–Kier alpha value is -4.21. The van der Waals surface area contributed by atoms with E-state index in [1.165, 1.54) is 7.11 Å². The van der Waals surface area contributed by atoms with E-state index in [-0.39, 0.29) is 18.1 Å². The fraction of sp³-hybridized carbons (Fsp3) is 0.233. The van der Waals surface area contributed by atoms with Crippen LogP contribution >= 0.6 is 12.2 Å². The zero-order chi connectivity index (χ0) is 26.8. The van der Waals surface area contributed by atoms with Gasteiger partial charge in [0, 0.05) is 36.2 Å². The van der Waals surface area contributed by atoms with Gasteiger partial charge in [-0.05, 0) is 72.9 Å². The maximum absolute atomic E-state index is 11.8. The molecule has 0 unspecified atom stereocenters. The number of rotatable bonds is 6. The summed E-state index contributed by atoms with van der Waals surface area (Å²) in [6.45, 7) is 3.23. The average molecular weight is 541 g/mol. The summed E-state index contributed by atoms with van der Waals surface area (Å²) in [5, 5.41) is 4.08. The van der Waals surface area contributed by atoms with Crippen molar-refractivity contribution in [3.8, 4) is 11.3 Å². The molecule has 0 amide bonds. The number of methoxy groups -OCH3 is 1. The van der Waals surface area contributed by atoms with Crippen LogP contribution < -0.4 is 15.1 Å². The number of benzene rings is 2. The Kier molecular flexibility index (Phi) is 7.00. The van der Waals surface area contributed by atoms with Crippen LogP contribution in [0.15, 0.2) is 89.5 Å². The number of carbonyl (C=O) groups excluding carboxylic acids is 1. The lowest BCUT2D eigenvalue weighted by Gasteiger charge is -2.30. The molecule has 2 atom stereocenters. The number of carbonyl (C=O) groups is 1. The molecule has 2 aliphatic heterocycles. The van der Waals surface area contributed by atoms with Crippen molar-refractivity contribution in [2.45, 2.75) is 12.1 Å². The molecular formula is C30H28N4O4S. The first-order valence-electron chi connectivity index (χ1n) is 12.8. The third-order valence-corrected chi connectivity index (χ3v) is 7.43. The summed E-state index contributed by atoms with van der Waals surface area (Å²) in [5.41, 5.74) is 4.35. The molecule has 198 valence electrons. The normalized spacial score (nSPS) is 19.2. The van der Waals surface area contributed by atoms with Crippen molar-refractivity contribution in [1.29, 1.82) is 0 Å². The highest BCUT2D eigenvalue weighted by atomic mass is 32.1. The fourth-order valence-electron chi connectivity index (χ4n) is 5.12. The van der Waals surface area contributed by atoms with Crippen LogP contribution in [0.2, 0.25) is 0 Å². The van der Waals surface area contributed by atoms with Crippen molar-refractivity contribution in [1.82, 2.24) is 10.3 Å². The van der Waals surface area contributed by atoms with Crippen LogP contribution in [0.1, 0.15) is 33.9 Å². The van der Waals surface area contributed by atoms with E-state index in [1.54, 1.807) is 18.3 Å². The number of esters is 1. The number of ether oxygens (including phenoxy) is 2. The largest absolute Gasteiger partial charge is 0.465 e. The summed E-state index contributed by atoms with van der Waals surface area (Å²) in [7, 11) is 1.37. The molecule has 1 N–H and O–H groups in total. The third kappa shape index (κ3) is 4.98. The molecule has 0 radical (unpaired) electrons. The number of hydrogen-bond donors (Lipinski definition) is 1. The second-order valence-electron chi connectivity index (χ2n) is 9.38. The Morgan fingerprint density at radius 1 is 0.974 bits per heavy atom. The molecule has 2 aromatic carbocycles. The minimum atomic E-state index is -0.374. The van der Waals surface area contributed by atoms with Gasteiger partial charge in [0.1, 0.15) is 17.6 Å². The van der Waals surface area contributed by atoms with Gasteiger partial charge in [-0.1, -0.05) is 18.2 Å². The van der Waals surface area contributed by atoms with Crippen molar-refractivity contribution < 1.29 is 18.7 Å². The van der Waals surface area contributed by atoms with Crippen LogP contribution in [0.3, 0.4) is 0 Å². The molecule has 4 heterocycles. The van der Waals surface area contributed by atoms with Gasteiger partial charge in [0.2, 0.25) is 0 Å². The standard InChI is InChI=1S/C30H28N4O4S/c1-36-29(35)21-7-5-20(6-8-21)25-13-14-26(38-25)28-27(24-4-2-3-15-31-24)32-30(39)34(28)23-11-9-22(10-12-23)33-16-18-37-19-17-33/h2-15,27-28H,16-19H2,1H3,(H,32,39)/t27-,28-/m0/s1. The SMILES string of the molecule is COC(=O)c1ccc(-c2ccc([C@H]3[C@H](c4ccccn4)NC(=S)N3c3ccc(N4CCOCC4)cc3)o2)cc1. The maximum Gasteiger partial charge on any atom is 0.337 e. The van der Waals surface area contributed by atoms with E-state index in [0.29, 0.717) is 16.4 Å². The summed E-state index contributed by atoms with van der Waals surface area (Å²) in [6, 6.07) is 24.9. The van der Waals surface area contributed by atoms with Gasteiger partial charge in [0.25, 0.3) is 0 Å². The molecular weight excluding hydrogens is 512 g/mol. The molecule has 0 spiro atoms. The molecule has 0 saturated carbocycles. The zero-order valence-corrected chi connectivity index (χ0v) is 22.3. The van der Waals surface area contributed by atoms with Gasteiger partial charge in [-0.25, -0.2) is 4.79 Å². The predicted molar refractivity (Wildman–Crippen MR) is 153 cm³/mol. The number of pyridine rings is 1. The van der Waals surface area contributed by atoms with Gasteiger partial charge in [0.15, 0.2) is 5.11 Å². The molecule has 0 aliphatic carbocycles. The van der Waals surface area contributed by atoms with Crippen LogP contribution in [0.4, 0.5) is 11.4 Å². The molecule has 2 aliphatic rings. The number of nitrogens with one attached hydrogen (secondary N) is 1. The van der Waals surface area contributed by atoms with Gasteiger partial charge in [-0.3, -0.25) is 4.98 Å². The van der Waals surface area contributed by atoms with Crippen molar-refractivity contribution in [2.75, 3.05) is 43.2 Å². The van der Waals surface area contributed by atoms with Crippen LogP contribution in [0.25, 0.3) is 11.3 Å². The van der Waals surface area contributed by atoms with Gasteiger partial charge in [-0.2, -0.15) is 0 Å². The maximum atomic E-state index is 11.8. The van der Waals surface area contributed by atoms with E-state index < -0.39 is 0 Å². The Balaban J connectivity index is 1.34. The Morgan fingerprint density at radius 2 is 1.72 bits per heavy atom.